The van der Waals surface area contributed by atoms with E-state index in [-0.39, 0.29) is 12.3 Å². The van der Waals surface area contributed by atoms with E-state index in [1.807, 2.05) is 12.1 Å². The lowest BCUT2D eigenvalue weighted by molar-refractivity contribution is 0.0999. The molecule has 0 atom stereocenters. The van der Waals surface area contributed by atoms with Crippen molar-refractivity contribution in [3.63, 3.8) is 0 Å². The van der Waals surface area contributed by atoms with Gasteiger partial charge in [-0.15, -0.1) is 11.8 Å². The summed E-state index contributed by atoms with van der Waals surface area (Å²) in [5, 5.41) is 0.892. The van der Waals surface area contributed by atoms with Crippen LogP contribution in [0.25, 0.3) is 0 Å². The van der Waals surface area contributed by atoms with Crippen LogP contribution in [0.3, 0.4) is 0 Å². The number of Topliss-reactive ketones (excluding diaryl/α,β-unsaturated/α-hetero) is 1. The predicted molar refractivity (Wildman–Crippen MR) is 65.8 cm³/mol. The lowest BCUT2D eigenvalue weighted by atomic mass is 10.1. The molecule has 2 nitrogen and oxygen atoms in total. The Kier molecular flexibility index (Phi) is 4.64. The Balaban J connectivity index is 3.14. The SMILES string of the molecule is CC(C)Sc1cccc(Cl)c1C(=O)CN. The van der Waals surface area contributed by atoms with Crippen LogP contribution in [0.15, 0.2) is 23.1 Å². The number of thioether (sulfide) groups is 1. The summed E-state index contributed by atoms with van der Waals surface area (Å²) in [6.45, 7) is 4.14. The van der Waals surface area contributed by atoms with Crippen LogP contribution in [-0.4, -0.2) is 17.6 Å². The van der Waals surface area contributed by atoms with Crippen LogP contribution in [0, 0.1) is 0 Å². The summed E-state index contributed by atoms with van der Waals surface area (Å²) in [6, 6.07) is 5.47. The van der Waals surface area contributed by atoms with E-state index in [4.69, 9.17) is 17.3 Å². The van der Waals surface area contributed by atoms with E-state index in [0.29, 0.717) is 15.8 Å². The molecule has 0 fully saturated rings. The van der Waals surface area contributed by atoms with Crippen LogP contribution in [0.5, 0.6) is 0 Å². The highest BCUT2D eigenvalue weighted by Gasteiger charge is 2.14. The van der Waals surface area contributed by atoms with Gasteiger partial charge < -0.3 is 5.73 Å². The zero-order valence-electron chi connectivity index (χ0n) is 8.79. The van der Waals surface area contributed by atoms with Crippen molar-refractivity contribution in [1.29, 1.82) is 0 Å². The molecule has 82 valence electrons. The number of nitrogens with two attached hydrogens (primary N) is 1. The number of carbonyl (C=O) groups excluding carboxylic acids is 1. The standard InChI is InChI=1S/C11H14ClNOS/c1-7(2)15-10-5-3-4-8(12)11(10)9(14)6-13/h3-5,7H,6,13H2,1-2H3. The zero-order chi connectivity index (χ0) is 11.4. The summed E-state index contributed by atoms with van der Waals surface area (Å²) in [6.07, 6.45) is 0. The maximum Gasteiger partial charge on any atom is 0.179 e. The van der Waals surface area contributed by atoms with Gasteiger partial charge in [0.2, 0.25) is 0 Å². The fourth-order valence-electron chi connectivity index (χ4n) is 1.23. The monoisotopic (exact) mass is 243 g/mol. The average Bonchev–Trinajstić information content (AvgIpc) is 2.16. The molecule has 0 aliphatic rings. The van der Waals surface area contributed by atoms with Crippen LogP contribution in [0.2, 0.25) is 5.02 Å². The van der Waals surface area contributed by atoms with Crippen molar-refractivity contribution in [3.8, 4) is 0 Å². The number of benzene rings is 1. The Morgan fingerprint density at radius 3 is 2.73 bits per heavy atom. The van der Waals surface area contributed by atoms with Gasteiger partial charge in [0.05, 0.1) is 17.1 Å². The second-order valence-electron chi connectivity index (χ2n) is 3.41. The van der Waals surface area contributed by atoms with Crippen molar-refractivity contribution in [3.05, 3.63) is 28.8 Å². The molecule has 1 aromatic carbocycles. The van der Waals surface area contributed by atoms with Crippen molar-refractivity contribution in [1.82, 2.24) is 0 Å². The minimum atomic E-state index is -0.108. The maximum atomic E-state index is 11.6. The molecule has 0 saturated carbocycles. The summed E-state index contributed by atoms with van der Waals surface area (Å²) in [5.74, 6) is -0.108. The first-order valence-corrected chi connectivity index (χ1v) is 6.00. The number of rotatable bonds is 4. The largest absolute Gasteiger partial charge is 0.324 e. The first-order chi connectivity index (χ1) is 7.06. The summed E-state index contributed by atoms with van der Waals surface area (Å²) >= 11 is 7.62. The van der Waals surface area contributed by atoms with Crippen molar-refractivity contribution in [2.24, 2.45) is 5.73 Å². The average molecular weight is 244 g/mol. The maximum absolute atomic E-state index is 11.6. The van der Waals surface area contributed by atoms with E-state index >= 15 is 0 Å². The van der Waals surface area contributed by atoms with Gasteiger partial charge in [0.25, 0.3) is 0 Å². The van der Waals surface area contributed by atoms with E-state index in [9.17, 15) is 4.79 Å². The Morgan fingerprint density at radius 2 is 2.20 bits per heavy atom. The third kappa shape index (κ3) is 3.23. The molecule has 0 unspecified atom stereocenters. The van der Waals surface area contributed by atoms with E-state index in [0.717, 1.165) is 4.90 Å². The van der Waals surface area contributed by atoms with Crippen LogP contribution < -0.4 is 5.73 Å². The molecule has 0 amide bonds. The quantitative estimate of drug-likeness (QED) is 0.653. The molecular formula is C11H14ClNOS. The fraction of sp³-hybridized carbons (Fsp3) is 0.364. The topological polar surface area (TPSA) is 43.1 Å². The van der Waals surface area contributed by atoms with Crippen molar-refractivity contribution in [2.75, 3.05) is 6.54 Å². The molecule has 2 N–H and O–H groups in total. The van der Waals surface area contributed by atoms with E-state index in [1.54, 1.807) is 17.8 Å². The van der Waals surface area contributed by atoms with Crippen molar-refractivity contribution in [2.45, 2.75) is 24.0 Å². The Morgan fingerprint density at radius 1 is 1.53 bits per heavy atom. The normalized spacial score (nSPS) is 10.7. The first-order valence-electron chi connectivity index (χ1n) is 4.74. The molecule has 4 heteroatoms. The van der Waals surface area contributed by atoms with Gasteiger partial charge in [0.15, 0.2) is 5.78 Å². The minimum Gasteiger partial charge on any atom is -0.324 e. The number of carbonyl (C=O) groups is 1. The van der Waals surface area contributed by atoms with Gasteiger partial charge in [-0.3, -0.25) is 4.79 Å². The highest BCUT2D eigenvalue weighted by Crippen LogP contribution is 2.31. The first kappa shape index (κ1) is 12.6. The Labute approximate surface area is 99.2 Å². The smallest absolute Gasteiger partial charge is 0.179 e. The third-order valence-electron chi connectivity index (χ3n) is 1.80. The van der Waals surface area contributed by atoms with Crippen LogP contribution in [0.4, 0.5) is 0 Å². The molecule has 0 spiro atoms. The highest BCUT2D eigenvalue weighted by molar-refractivity contribution is 8.00. The van der Waals surface area contributed by atoms with Crippen molar-refractivity contribution < 1.29 is 4.79 Å². The number of hydrogen-bond donors (Lipinski definition) is 1. The fourth-order valence-corrected chi connectivity index (χ4v) is 2.57. The van der Waals surface area contributed by atoms with Gasteiger partial charge in [-0.1, -0.05) is 31.5 Å². The lowest BCUT2D eigenvalue weighted by Gasteiger charge is -2.11. The molecule has 15 heavy (non-hydrogen) atoms. The van der Waals surface area contributed by atoms with E-state index in [2.05, 4.69) is 13.8 Å². The molecule has 0 radical (unpaired) electrons. The molecule has 1 aromatic rings. The molecule has 0 heterocycles. The second kappa shape index (κ2) is 5.54. The second-order valence-corrected chi connectivity index (χ2v) is 5.43. The molecule has 0 bridgehead atoms. The van der Waals surface area contributed by atoms with Crippen LogP contribution >= 0.6 is 23.4 Å². The number of ketones is 1. The molecule has 0 aromatic heterocycles. The van der Waals surface area contributed by atoms with Gasteiger partial charge in [0.1, 0.15) is 0 Å². The van der Waals surface area contributed by atoms with Gasteiger partial charge in [0, 0.05) is 10.1 Å². The Hall–Kier alpha value is -0.510. The zero-order valence-corrected chi connectivity index (χ0v) is 10.4. The lowest BCUT2D eigenvalue weighted by Crippen LogP contribution is -2.15. The van der Waals surface area contributed by atoms with Gasteiger partial charge in [-0.05, 0) is 12.1 Å². The Bertz CT molecular complexity index is 366. The molecule has 0 saturated heterocycles. The summed E-state index contributed by atoms with van der Waals surface area (Å²) in [4.78, 5) is 12.5. The van der Waals surface area contributed by atoms with Gasteiger partial charge >= 0.3 is 0 Å². The molecule has 0 aliphatic heterocycles. The van der Waals surface area contributed by atoms with Gasteiger partial charge in [-0.25, -0.2) is 0 Å². The third-order valence-corrected chi connectivity index (χ3v) is 3.18. The highest BCUT2D eigenvalue weighted by atomic mass is 35.5. The van der Waals surface area contributed by atoms with Crippen LogP contribution in [-0.2, 0) is 0 Å². The predicted octanol–water partition coefficient (Wildman–Crippen LogP) is 2.98. The molecule has 0 aliphatic carbocycles. The number of hydrogen-bond acceptors (Lipinski definition) is 3. The molecule has 1 rings (SSSR count). The molecular weight excluding hydrogens is 230 g/mol. The van der Waals surface area contributed by atoms with E-state index < -0.39 is 0 Å². The van der Waals surface area contributed by atoms with E-state index in [1.165, 1.54) is 0 Å². The van der Waals surface area contributed by atoms with Crippen molar-refractivity contribution >= 4 is 29.1 Å². The number of halogens is 1. The van der Waals surface area contributed by atoms with Crippen LogP contribution in [0.1, 0.15) is 24.2 Å². The summed E-state index contributed by atoms with van der Waals surface area (Å²) < 4.78 is 0. The summed E-state index contributed by atoms with van der Waals surface area (Å²) in [5.41, 5.74) is 5.91. The summed E-state index contributed by atoms with van der Waals surface area (Å²) in [7, 11) is 0. The van der Waals surface area contributed by atoms with Gasteiger partial charge in [-0.2, -0.15) is 0 Å². The minimum absolute atomic E-state index is 0.00457.